The van der Waals surface area contributed by atoms with Gasteiger partial charge in [0.15, 0.2) is 11.6 Å². The van der Waals surface area contributed by atoms with E-state index in [-0.39, 0.29) is 18.2 Å². The van der Waals surface area contributed by atoms with Crippen LogP contribution in [0.5, 0.6) is 5.75 Å². The van der Waals surface area contributed by atoms with Crippen molar-refractivity contribution in [2.45, 2.75) is 25.7 Å². The Hall–Kier alpha value is -2.89. The van der Waals surface area contributed by atoms with Gasteiger partial charge in [0.05, 0.1) is 13.0 Å². The molecule has 4 rings (SSSR count). The molecular weight excluding hydrogens is 330 g/mol. The molecule has 1 unspecified atom stereocenters. The van der Waals surface area contributed by atoms with E-state index in [1.165, 1.54) is 24.7 Å². The monoisotopic (exact) mass is 351 g/mol. The lowest BCUT2D eigenvalue weighted by molar-refractivity contribution is -0.122. The number of benzene rings is 1. The molecule has 2 aromatic rings. The molecule has 2 heterocycles. The van der Waals surface area contributed by atoms with Gasteiger partial charge in [0, 0.05) is 24.8 Å². The van der Waals surface area contributed by atoms with Crippen LogP contribution in [-0.2, 0) is 22.4 Å². The minimum absolute atomic E-state index is 0.0175. The van der Waals surface area contributed by atoms with Gasteiger partial charge in [0.2, 0.25) is 11.8 Å². The summed E-state index contributed by atoms with van der Waals surface area (Å²) in [5.41, 5.74) is 3.58. The van der Waals surface area contributed by atoms with Gasteiger partial charge in [-0.1, -0.05) is 6.07 Å². The zero-order valence-electron chi connectivity index (χ0n) is 14.7. The number of carbonyl (C=O) groups is 2. The first-order valence-corrected chi connectivity index (χ1v) is 8.88. The fourth-order valence-corrected chi connectivity index (χ4v) is 3.73. The van der Waals surface area contributed by atoms with Crippen molar-refractivity contribution in [2.75, 3.05) is 23.9 Å². The van der Waals surface area contributed by atoms with Crippen LogP contribution in [0.15, 0.2) is 36.5 Å². The van der Waals surface area contributed by atoms with Crippen LogP contribution in [0.1, 0.15) is 24.0 Å². The number of pyridine rings is 1. The molecule has 134 valence electrons. The number of nitrogens with one attached hydrogen (secondary N) is 1. The first-order chi connectivity index (χ1) is 12.7. The van der Waals surface area contributed by atoms with E-state index in [0.29, 0.717) is 18.1 Å². The van der Waals surface area contributed by atoms with Crippen molar-refractivity contribution in [2.24, 2.45) is 5.92 Å². The van der Waals surface area contributed by atoms with E-state index in [0.717, 1.165) is 18.5 Å². The van der Waals surface area contributed by atoms with E-state index in [1.54, 1.807) is 23.2 Å². The van der Waals surface area contributed by atoms with Crippen LogP contribution in [-0.4, -0.2) is 30.5 Å². The highest BCUT2D eigenvalue weighted by Crippen LogP contribution is 2.31. The Morgan fingerprint density at radius 3 is 2.96 bits per heavy atom. The Labute approximate surface area is 152 Å². The molecule has 0 radical (unpaired) electrons. The second kappa shape index (κ2) is 6.78. The van der Waals surface area contributed by atoms with Gasteiger partial charge in [-0.15, -0.1) is 0 Å². The van der Waals surface area contributed by atoms with Crippen LogP contribution in [0.25, 0.3) is 0 Å². The first kappa shape index (κ1) is 16.6. The molecule has 1 aromatic heterocycles. The number of hydrogen-bond donors (Lipinski definition) is 1. The number of hydrogen-bond acceptors (Lipinski definition) is 4. The molecule has 1 N–H and O–H groups in total. The number of carbonyl (C=O) groups excluding carboxylic acids is 2. The number of ether oxygens (including phenoxy) is 1. The minimum atomic E-state index is -0.400. The molecule has 0 spiro atoms. The number of aromatic nitrogens is 1. The van der Waals surface area contributed by atoms with E-state index in [9.17, 15) is 9.59 Å². The van der Waals surface area contributed by atoms with Gasteiger partial charge in [-0.25, -0.2) is 4.98 Å². The highest BCUT2D eigenvalue weighted by molar-refractivity contribution is 6.03. The Morgan fingerprint density at radius 2 is 2.12 bits per heavy atom. The Balaban J connectivity index is 1.48. The maximum absolute atomic E-state index is 12.6. The molecular formula is C20H21N3O3. The van der Waals surface area contributed by atoms with E-state index in [2.05, 4.69) is 22.4 Å². The average Bonchev–Trinajstić information content (AvgIpc) is 3.27. The van der Waals surface area contributed by atoms with E-state index in [4.69, 9.17) is 4.74 Å². The fraction of sp³-hybridized carbons (Fsp3) is 0.350. The summed E-state index contributed by atoms with van der Waals surface area (Å²) in [5, 5.41) is 2.78. The van der Waals surface area contributed by atoms with Crippen LogP contribution in [0.4, 0.5) is 11.5 Å². The quantitative estimate of drug-likeness (QED) is 0.919. The topological polar surface area (TPSA) is 71.5 Å². The largest absolute Gasteiger partial charge is 0.493 e. The van der Waals surface area contributed by atoms with Gasteiger partial charge >= 0.3 is 0 Å². The fourth-order valence-electron chi connectivity index (χ4n) is 3.73. The lowest BCUT2D eigenvalue weighted by Gasteiger charge is -2.18. The average molecular weight is 351 g/mol. The highest BCUT2D eigenvalue weighted by atomic mass is 16.5. The minimum Gasteiger partial charge on any atom is -0.493 e. The summed E-state index contributed by atoms with van der Waals surface area (Å²) in [4.78, 5) is 30.9. The standard InChI is InChI=1S/C20H21N3O3/c1-26-17-6-3-9-21-19(17)22-20(25)15-11-18(24)23(12-15)16-8-7-13-4-2-5-14(13)10-16/h3,6-10,15H,2,4-5,11-12H2,1H3,(H,21,22,25). The lowest BCUT2D eigenvalue weighted by Crippen LogP contribution is -2.28. The normalized spacial score (nSPS) is 18.7. The number of anilines is 2. The van der Waals surface area contributed by atoms with Gasteiger partial charge in [0.1, 0.15) is 0 Å². The smallest absolute Gasteiger partial charge is 0.231 e. The molecule has 1 aliphatic carbocycles. The molecule has 6 nitrogen and oxygen atoms in total. The Morgan fingerprint density at radius 1 is 1.27 bits per heavy atom. The SMILES string of the molecule is COc1cccnc1NC(=O)C1CC(=O)N(c2ccc3c(c2)CCC3)C1. The van der Waals surface area contributed by atoms with Crippen LogP contribution in [0.3, 0.4) is 0 Å². The van der Waals surface area contributed by atoms with Gasteiger partial charge in [0.25, 0.3) is 0 Å². The van der Waals surface area contributed by atoms with Crippen molar-refractivity contribution in [3.63, 3.8) is 0 Å². The third-order valence-corrected chi connectivity index (χ3v) is 5.12. The van der Waals surface area contributed by atoms with Crippen LogP contribution >= 0.6 is 0 Å². The maximum atomic E-state index is 12.6. The molecule has 1 aromatic carbocycles. The first-order valence-electron chi connectivity index (χ1n) is 8.88. The molecule has 0 saturated carbocycles. The van der Waals surface area contributed by atoms with Crippen LogP contribution in [0.2, 0.25) is 0 Å². The maximum Gasteiger partial charge on any atom is 0.231 e. The van der Waals surface area contributed by atoms with E-state index in [1.807, 2.05) is 6.07 Å². The molecule has 0 bridgehead atoms. The van der Waals surface area contributed by atoms with Gasteiger partial charge in [-0.05, 0) is 54.7 Å². The van der Waals surface area contributed by atoms with E-state index >= 15 is 0 Å². The molecule has 1 fully saturated rings. The van der Waals surface area contributed by atoms with Crippen LogP contribution < -0.4 is 15.0 Å². The molecule has 1 saturated heterocycles. The number of fused-ring (bicyclic) bond motifs is 1. The zero-order chi connectivity index (χ0) is 18.1. The second-order valence-corrected chi connectivity index (χ2v) is 6.76. The van der Waals surface area contributed by atoms with Gasteiger partial charge < -0.3 is 15.0 Å². The van der Waals surface area contributed by atoms with Gasteiger partial charge in [-0.3, -0.25) is 9.59 Å². The molecule has 1 aliphatic heterocycles. The summed E-state index contributed by atoms with van der Waals surface area (Å²) >= 11 is 0. The van der Waals surface area contributed by atoms with Crippen molar-refractivity contribution in [3.8, 4) is 5.75 Å². The van der Waals surface area contributed by atoms with Crippen molar-refractivity contribution in [1.29, 1.82) is 0 Å². The molecule has 26 heavy (non-hydrogen) atoms. The summed E-state index contributed by atoms with van der Waals surface area (Å²) < 4.78 is 5.21. The van der Waals surface area contributed by atoms with Gasteiger partial charge in [-0.2, -0.15) is 0 Å². The molecule has 6 heteroatoms. The predicted octanol–water partition coefficient (Wildman–Crippen LogP) is 2.57. The van der Waals surface area contributed by atoms with Crippen molar-refractivity contribution in [1.82, 2.24) is 4.98 Å². The van der Waals surface area contributed by atoms with Crippen LogP contribution in [0, 0.1) is 5.92 Å². The zero-order valence-corrected chi connectivity index (χ0v) is 14.7. The molecule has 2 amide bonds. The predicted molar refractivity (Wildman–Crippen MR) is 98.3 cm³/mol. The number of methoxy groups -OCH3 is 1. The van der Waals surface area contributed by atoms with E-state index < -0.39 is 5.92 Å². The third-order valence-electron chi connectivity index (χ3n) is 5.12. The van der Waals surface area contributed by atoms with Crippen molar-refractivity contribution >= 4 is 23.3 Å². The lowest BCUT2D eigenvalue weighted by atomic mass is 10.1. The Bertz CT molecular complexity index is 865. The summed E-state index contributed by atoms with van der Waals surface area (Å²) in [6, 6.07) is 9.67. The number of aryl methyl sites for hydroxylation is 2. The number of amides is 2. The Kier molecular flexibility index (Phi) is 4.32. The number of nitrogens with zero attached hydrogens (tertiary/aromatic N) is 2. The summed E-state index contributed by atoms with van der Waals surface area (Å²) in [6.07, 6.45) is 5.14. The third kappa shape index (κ3) is 3.03. The summed E-state index contributed by atoms with van der Waals surface area (Å²) in [5.74, 6) is 0.252. The number of rotatable bonds is 4. The van der Waals surface area contributed by atoms with Crippen molar-refractivity contribution < 1.29 is 14.3 Å². The summed E-state index contributed by atoms with van der Waals surface area (Å²) in [6.45, 7) is 0.388. The summed E-state index contributed by atoms with van der Waals surface area (Å²) in [7, 11) is 1.53. The van der Waals surface area contributed by atoms with Crippen molar-refractivity contribution in [3.05, 3.63) is 47.7 Å². The highest BCUT2D eigenvalue weighted by Gasteiger charge is 2.35. The second-order valence-electron chi connectivity index (χ2n) is 6.76. The molecule has 1 atom stereocenters. The molecule has 2 aliphatic rings.